The lowest BCUT2D eigenvalue weighted by Gasteiger charge is -2.14. The van der Waals surface area contributed by atoms with Crippen LogP contribution >= 0.6 is 0 Å². The van der Waals surface area contributed by atoms with Crippen LogP contribution in [-0.4, -0.2) is 21.3 Å². The minimum absolute atomic E-state index is 0.832. The van der Waals surface area contributed by atoms with Gasteiger partial charge in [0.1, 0.15) is 0 Å². The zero-order valence-electron chi connectivity index (χ0n) is 7.74. The fraction of sp³-hybridized carbons (Fsp3) is 1.00. The third kappa shape index (κ3) is 8.18. The molecule has 0 amide bonds. The van der Waals surface area contributed by atoms with Crippen molar-refractivity contribution in [2.45, 2.75) is 39.0 Å². The number of hydrogen-bond donors (Lipinski definition) is 0. The Morgan fingerprint density at radius 2 is 1.70 bits per heavy atom. The summed E-state index contributed by atoms with van der Waals surface area (Å²) in [6.07, 6.45) is 1.14. The topological polar surface area (TPSA) is 9.23 Å². The molecule has 62 valence electrons. The Labute approximate surface area is 65.8 Å². The van der Waals surface area contributed by atoms with Crippen LogP contribution in [0, 0.1) is 0 Å². The predicted octanol–water partition coefficient (Wildman–Crippen LogP) is 2.75. The van der Waals surface area contributed by atoms with Gasteiger partial charge in [-0.3, -0.25) is 0 Å². The Morgan fingerprint density at radius 1 is 1.10 bits per heavy atom. The molecule has 0 aromatic carbocycles. The summed E-state index contributed by atoms with van der Waals surface area (Å²) in [7, 11) is -0.832. The van der Waals surface area contributed by atoms with Crippen LogP contribution in [0.5, 0.6) is 0 Å². The van der Waals surface area contributed by atoms with E-state index in [1.54, 1.807) is 0 Å². The second-order valence-corrected chi connectivity index (χ2v) is 9.54. The van der Waals surface area contributed by atoms with Gasteiger partial charge >= 0.3 is 0 Å². The first-order valence-electron chi connectivity index (χ1n) is 4.14. The van der Waals surface area contributed by atoms with Gasteiger partial charge in [-0.2, -0.15) is 0 Å². The molecule has 0 bridgehead atoms. The third-order valence-corrected chi connectivity index (χ3v) is 3.05. The van der Waals surface area contributed by atoms with Gasteiger partial charge in [0.2, 0.25) is 0 Å². The molecule has 0 N–H and O–H groups in total. The SMILES string of the molecule is CCCOCC[Si](C)(C)C. The molecule has 0 saturated heterocycles. The second kappa shape index (κ2) is 4.91. The molecule has 0 saturated carbocycles. The summed E-state index contributed by atoms with van der Waals surface area (Å²) in [6, 6.07) is 1.30. The van der Waals surface area contributed by atoms with Crippen LogP contribution in [0.2, 0.25) is 25.7 Å². The van der Waals surface area contributed by atoms with Crippen molar-refractivity contribution in [2.24, 2.45) is 0 Å². The maximum Gasteiger partial charge on any atom is 0.0466 e. The molecule has 0 aliphatic rings. The van der Waals surface area contributed by atoms with Crippen LogP contribution in [0.25, 0.3) is 0 Å². The summed E-state index contributed by atoms with van der Waals surface area (Å²) < 4.78 is 5.39. The summed E-state index contributed by atoms with van der Waals surface area (Å²) in [5.41, 5.74) is 0. The maximum absolute atomic E-state index is 5.39. The first-order valence-corrected chi connectivity index (χ1v) is 7.85. The van der Waals surface area contributed by atoms with E-state index in [2.05, 4.69) is 26.6 Å². The zero-order valence-corrected chi connectivity index (χ0v) is 8.74. The van der Waals surface area contributed by atoms with E-state index in [4.69, 9.17) is 4.74 Å². The zero-order chi connectivity index (χ0) is 8.04. The second-order valence-electron chi connectivity index (χ2n) is 3.92. The Morgan fingerprint density at radius 3 is 2.10 bits per heavy atom. The van der Waals surface area contributed by atoms with Crippen molar-refractivity contribution in [1.29, 1.82) is 0 Å². The third-order valence-electron chi connectivity index (χ3n) is 1.34. The minimum Gasteiger partial charge on any atom is -0.382 e. The molecule has 0 aromatic rings. The van der Waals surface area contributed by atoms with Crippen LogP contribution < -0.4 is 0 Å². The molecule has 10 heavy (non-hydrogen) atoms. The Hall–Kier alpha value is 0.177. The van der Waals surface area contributed by atoms with Crippen molar-refractivity contribution < 1.29 is 4.74 Å². The van der Waals surface area contributed by atoms with E-state index in [0.717, 1.165) is 19.6 Å². The highest BCUT2D eigenvalue weighted by Crippen LogP contribution is 2.07. The molecule has 2 heteroatoms. The smallest absolute Gasteiger partial charge is 0.0466 e. The van der Waals surface area contributed by atoms with Crippen molar-refractivity contribution in [1.82, 2.24) is 0 Å². The van der Waals surface area contributed by atoms with Crippen molar-refractivity contribution in [3.8, 4) is 0 Å². The van der Waals surface area contributed by atoms with Crippen LogP contribution in [-0.2, 0) is 4.74 Å². The lowest BCUT2D eigenvalue weighted by Crippen LogP contribution is -2.21. The van der Waals surface area contributed by atoms with Gasteiger partial charge in [-0.05, 0) is 12.5 Å². The standard InChI is InChI=1S/C8H20OSi/c1-5-6-9-7-8-10(2,3)4/h5-8H2,1-4H3. The first kappa shape index (κ1) is 10.2. The van der Waals surface area contributed by atoms with Crippen molar-refractivity contribution in [3.05, 3.63) is 0 Å². The van der Waals surface area contributed by atoms with E-state index in [1.165, 1.54) is 6.04 Å². The summed E-state index contributed by atoms with van der Waals surface area (Å²) in [4.78, 5) is 0. The van der Waals surface area contributed by atoms with Crippen LogP contribution in [0.4, 0.5) is 0 Å². The highest BCUT2D eigenvalue weighted by Gasteiger charge is 2.11. The largest absolute Gasteiger partial charge is 0.382 e. The van der Waals surface area contributed by atoms with E-state index in [-0.39, 0.29) is 0 Å². The average molecular weight is 160 g/mol. The van der Waals surface area contributed by atoms with E-state index < -0.39 is 8.07 Å². The number of ether oxygens (including phenoxy) is 1. The van der Waals surface area contributed by atoms with Gasteiger partial charge in [0.05, 0.1) is 0 Å². The normalized spacial score (nSPS) is 12.0. The quantitative estimate of drug-likeness (QED) is 0.444. The first-order chi connectivity index (χ1) is 4.56. The summed E-state index contributed by atoms with van der Waals surface area (Å²) >= 11 is 0. The monoisotopic (exact) mass is 160 g/mol. The van der Waals surface area contributed by atoms with Gasteiger partial charge in [0.25, 0.3) is 0 Å². The van der Waals surface area contributed by atoms with Gasteiger partial charge in [-0.25, -0.2) is 0 Å². The van der Waals surface area contributed by atoms with Gasteiger partial charge in [-0.15, -0.1) is 0 Å². The molecule has 0 aliphatic carbocycles. The Balaban J connectivity index is 3.04. The van der Waals surface area contributed by atoms with Gasteiger partial charge in [-0.1, -0.05) is 26.6 Å². The van der Waals surface area contributed by atoms with Gasteiger partial charge in [0, 0.05) is 21.3 Å². The molecule has 0 unspecified atom stereocenters. The number of hydrogen-bond acceptors (Lipinski definition) is 1. The highest BCUT2D eigenvalue weighted by molar-refractivity contribution is 6.76. The molecule has 1 nitrogen and oxygen atoms in total. The Kier molecular flexibility index (Phi) is 5.00. The fourth-order valence-electron chi connectivity index (χ4n) is 0.625. The molecule has 0 fully saturated rings. The number of rotatable bonds is 5. The lowest BCUT2D eigenvalue weighted by molar-refractivity contribution is 0.147. The molecule has 0 aliphatic heterocycles. The molecular weight excluding hydrogens is 140 g/mol. The summed E-state index contributed by atoms with van der Waals surface area (Å²) in [5, 5.41) is 0. The predicted molar refractivity (Wildman–Crippen MR) is 49.3 cm³/mol. The molecule has 0 spiro atoms. The van der Waals surface area contributed by atoms with Crippen molar-refractivity contribution >= 4 is 8.07 Å². The van der Waals surface area contributed by atoms with Crippen LogP contribution in [0.15, 0.2) is 0 Å². The maximum atomic E-state index is 5.39. The van der Waals surface area contributed by atoms with E-state index >= 15 is 0 Å². The molecule has 0 radical (unpaired) electrons. The Bertz CT molecular complexity index is 75.8. The van der Waals surface area contributed by atoms with Gasteiger partial charge < -0.3 is 4.74 Å². The average Bonchev–Trinajstić information content (AvgIpc) is 1.78. The van der Waals surface area contributed by atoms with E-state index in [0.29, 0.717) is 0 Å². The van der Waals surface area contributed by atoms with E-state index in [1.807, 2.05) is 0 Å². The van der Waals surface area contributed by atoms with Crippen molar-refractivity contribution in [3.63, 3.8) is 0 Å². The van der Waals surface area contributed by atoms with Crippen LogP contribution in [0.1, 0.15) is 13.3 Å². The van der Waals surface area contributed by atoms with Gasteiger partial charge in [0.15, 0.2) is 0 Å². The summed E-state index contributed by atoms with van der Waals surface area (Å²) in [5.74, 6) is 0. The minimum atomic E-state index is -0.832. The fourth-order valence-corrected chi connectivity index (χ4v) is 1.38. The molecular formula is C8H20OSi. The molecule has 0 heterocycles. The molecule has 0 atom stereocenters. The van der Waals surface area contributed by atoms with Crippen molar-refractivity contribution in [2.75, 3.05) is 13.2 Å². The highest BCUT2D eigenvalue weighted by atomic mass is 28.3. The lowest BCUT2D eigenvalue weighted by atomic mass is 10.5. The van der Waals surface area contributed by atoms with Crippen LogP contribution in [0.3, 0.4) is 0 Å². The molecule has 0 aromatic heterocycles. The summed E-state index contributed by atoms with van der Waals surface area (Å²) in [6.45, 7) is 11.2. The molecule has 0 rings (SSSR count). The van der Waals surface area contributed by atoms with E-state index in [9.17, 15) is 0 Å².